The van der Waals surface area contributed by atoms with Crippen LogP contribution >= 0.6 is 0 Å². The first-order chi connectivity index (χ1) is 15.9. The number of rotatable bonds is 11. The summed E-state index contributed by atoms with van der Waals surface area (Å²) >= 11 is 0. The maximum absolute atomic E-state index is 12.7. The Labute approximate surface area is 193 Å². The van der Waals surface area contributed by atoms with Crippen LogP contribution in [0.25, 0.3) is 11.1 Å². The first-order valence-electron chi connectivity index (χ1n) is 11.0. The van der Waals surface area contributed by atoms with Crippen LogP contribution in [-0.2, 0) is 16.0 Å². The molecule has 3 rings (SSSR count). The SMILES string of the molecule is CCCOC(=O)C(C)(CO)C[C@@H](Cc1ccc(-c2ccccc2)cc1)NC(=O)c1cnn[nH]1. The van der Waals surface area contributed by atoms with E-state index in [1.165, 1.54) is 6.20 Å². The van der Waals surface area contributed by atoms with E-state index in [1.807, 2.05) is 61.5 Å². The number of aliphatic hydroxyl groups is 1. The Kier molecular flexibility index (Phi) is 8.32. The molecule has 1 heterocycles. The molecule has 3 aromatic rings. The Hall–Kier alpha value is -3.52. The Morgan fingerprint density at radius 2 is 1.82 bits per heavy atom. The fraction of sp³-hybridized carbons (Fsp3) is 0.360. The lowest BCUT2D eigenvalue weighted by Crippen LogP contribution is -2.44. The third-order valence-corrected chi connectivity index (χ3v) is 5.51. The lowest BCUT2D eigenvalue weighted by molar-refractivity contribution is -0.158. The van der Waals surface area contributed by atoms with E-state index in [-0.39, 0.29) is 31.2 Å². The number of esters is 1. The van der Waals surface area contributed by atoms with Gasteiger partial charge >= 0.3 is 5.97 Å². The van der Waals surface area contributed by atoms with Crippen LogP contribution < -0.4 is 5.32 Å². The summed E-state index contributed by atoms with van der Waals surface area (Å²) in [7, 11) is 0. The van der Waals surface area contributed by atoms with Crippen molar-refractivity contribution in [2.45, 2.75) is 39.2 Å². The predicted molar refractivity (Wildman–Crippen MR) is 124 cm³/mol. The van der Waals surface area contributed by atoms with Crippen LogP contribution in [-0.4, -0.2) is 51.6 Å². The summed E-state index contributed by atoms with van der Waals surface area (Å²) in [5, 5.41) is 22.7. The molecule has 174 valence electrons. The maximum atomic E-state index is 12.7. The minimum Gasteiger partial charge on any atom is -0.465 e. The number of benzene rings is 2. The van der Waals surface area contributed by atoms with E-state index in [4.69, 9.17) is 4.74 Å². The van der Waals surface area contributed by atoms with Crippen LogP contribution in [0.1, 0.15) is 42.7 Å². The first-order valence-corrected chi connectivity index (χ1v) is 11.0. The molecule has 2 atom stereocenters. The molecule has 1 aromatic heterocycles. The second-order valence-electron chi connectivity index (χ2n) is 8.37. The molecule has 0 bridgehead atoms. The van der Waals surface area contributed by atoms with Gasteiger partial charge in [0.1, 0.15) is 5.69 Å². The number of carbonyl (C=O) groups excluding carboxylic acids is 2. The molecule has 0 saturated carbocycles. The third kappa shape index (κ3) is 6.49. The smallest absolute Gasteiger partial charge is 0.314 e. The normalized spacial score (nSPS) is 13.7. The van der Waals surface area contributed by atoms with Gasteiger partial charge in [-0.15, -0.1) is 5.10 Å². The van der Waals surface area contributed by atoms with E-state index in [0.29, 0.717) is 12.8 Å². The third-order valence-electron chi connectivity index (χ3n) is 5.51. The Balaban J connectivity index is 1.79. The summed E-state index contributed by atoms with van der Waals surface area (Å²) in [6.45, 7) is 3.46. The van der Waals surface area contributed by atoms with Crippen molar-refractivity contribution in [1.82, 2.24) is 20.7 Å². The molecule has 8 nitrogen and oxygen atoms in total. The Morgan fingerprint density at radius 3 is 2.42 bits per heavy atom. The second-order valence-corrected chi connectivity index (χ2v) is 8.37. The predicted octanol–water partition coefficient (Wildman–Crippen LogP) is 3.15. The van der Waals surface area contributed by atoms with Crippen LogP contribution in [0.5, 0.6) is 0 Å². The summed E-state index contributed by atoms with van der Waals surface area (Å²) in [4.78, 5) is 25.3. The molecule has 2 aromatic carbocycles. The number of nitrogens with zero attached hydrogens (tertiary/aromatic N) is 2. The molecule has 3 N–H and O–H groups in total. The van der Waals surface area contributed by atoms with Gasteiger partial charge in [-0.3, -0.25) is 14.7 Å². The molecule has 0 fully saturated rings. The minimum atomic E-state index is -1.15. The molecule has 1 unspecified atom stereocenters. The molecule has 0 spiro atoms. The number of nitrogens with one attached hydrogen (secondary N) is 2. The zero-order valence-corrected chi connectivity index (χ0v) is 19.0. The van der Waals surface area contributed by atoms with Crippen molar-refractivity contribution in [3.05, 3.63) is 72.1 Å². The van der Waals surface area contributed by atoms with E-state index in [0.717, 1.165) is 16.7 Å². The van der Waals surface area contributed by atoms with Crippen LogP contribution in [0.4, 0.5) is 0 Å². The molecule has 0 radical (unpaired) electrons. The zero-order chi connectivity index (χ0) is 23.7. The highest BCUT2D eigenvalue weighted by atomic mass is 16.5. The van der Waals surface area contributed by atoms with Gasteiger partial charge in [0, 0.05) is 6.04 Å². The van der Waals surface area contributed by atoms with Crippen molar-refractivity contribution in [3.63, 3.8) is 0 Å². The Morgan fingerprint density at radius 1 is 1.12 bits per heavy atom. The Bertz CT molecular complexity index is 1020. The van der Waals surface area contributed by atoms with Gasteiger partial charge in [0.25, 0.3) is 5.91 Å². The molecule has 1 amide bonds. The molecule has 8 heteroatoms. The average Bonchev–Trinajstić information content (AvgIpc) is 3.38. The van der Waals surface area contributed by atoms with Crippen molar-refractivity contribution in [2.75, 3.05) is 13.2 Å². The number of aliphatic hydroxyl groups excluding tert-OH is 1. The van der Waals surface area contributed by atoms with Crippen LogP contribution in [0, 0.1) is 5.41 Å². The van der Waals surface area contributed by atoms with E-state index in [9.17, 15) is 14.7 Å². The molecule has 0 saturated heterocycles. The van der Waals surface area contributed by atoms with Gasteiger partial charge in [0.2, 0.25) is 0 Å². The van der Waals surface area contributed by atoms with Crippen LogP contribution in [0.3, 0.4) is 0 Å². The number of aromatic nitrogens is 3. The van der Waals surface area contributed by atoms with E-state index in [1.54, 1.807) is 6.92 Å². The van der Waals surface area contributed by atoms with Gasteiger partial charge in [-0.1, -0.05) is 66.7 Å². The fourth-order valence-corrected chi connectivity index (χ4v) is 3.62. The summed E-state index contributed by atoms with van der Waals surface area (Å²) in [5.41, 5.74) is 2.27. The number of aromatic amines is 1. The van der Waals surface area contributed by atoms with Crippen LogP contribution in [0.15, 0.2) is 60.8 Å². The monoisotopic (exact) mass is 450 g/mol. The lowest BCUT2D eigenvalue weighted by atomic mass is 9.82. The van der Waals surface area contributed by atoms with Crippen molar-refractivity contribution < 1.29 is 19.4 Å². The van der Waals surface area contributed by atoms with Crippen LogP contribution in [0.2, 0.25) is 0 Å². The molecule has 0 aliphatic carbocycles. The van der Waals surface area contributed by atoms with Gasteiger partial charge in [0.05, 0.1) is 24.8 Å². The molecule has 0 aliphatic heterocycles. The molecule has 33 heavy (non-hydrogen) atoms. The average molecular weight is 451 g/mol. The van der Waals surface area contributed by atoms with Gasteiger partial charge in [-0.25, -0.2) is 0 Å². The topological polar surface area (TPSA) is 117 Å². The quantitative estimate of drug-likeness (QED) is 0.386. The molecular weight excluding hydrogens is 420 g/mol. The number of ether oxygens (including phenoxy) is 1. The molecule has 0 aliphatic rings. The molecular formula is C25H30N4O4. The summed E-state index contributed by atoms with van der Waals surface area (Å²) < 4.78 is 5.30. The van der Waals surface area contributed by atoms with E-state index in [2.05, 4.69) is 20.7 Å². The number of amides is 1. The number of H-pyrrole nitrogens is 1. The number of hydrogen-bond acceptors (Lipinski definition) is 6. The minimum absolute atomic E-state index is 0.208. The van der Waals surface area contributed by atoms with Gasteiger partial charge in [0.15, 0.2) is 0 Å². The summed E-state index contributed by atoms with van der Waals surface area (Å²) in [5.74, 6) is -0.859. The maximum Gasteiger partial charge on any atom is 0.314 e. The summed E-state index contributed by atoms with van der Waals surface area (Å²) in [6.07, 6.45) is 2.70. The standard InChI is InChI=1S/C25H30N4O4/c1-3-13-33-24(32)25(2,17-30)15-21(27-23(31)22-16-26-29-28-22)14-18-9-11-20(12-10-18)19-7-5-4-6-8-19/h4-12,16,21,30H,3,13-15,17H2,1-2H3,(H,27,31)(H,26,28,29)/t21-,25?/m1/s1. The van der Waals surface area contributed by atoms with Gasteiger partial charge in [-0.05, 0) is 42.9 Å². The highest BCUT2D eigenvalue weighted by molar-refractivity contribution is 5.92. The van der Waals surface area contributed by atoms with E-state index >= 15 is 0 Å². The zero-order valence-electron chi connectivity index (χ0n) is 19.0. The lowest BCUT2D eigenvalue weighted by Gasteiger charge is -2.30. The van der Waals surface area contributed by atoms with Gasteiger partial charge < -0.3 is 15.2 Å². The van der Waals surface area contributed by atoms with Crippen molar-refractivity contribution in [1.29, 1.82) is 0 Å². The highest BCUT2D eigenvalue weighted by Crippen LogP contribution is 2.27. The van der Waals surface area contributed by atoms with Gasteiger partial charge in [-0.2, -0.15) is 0 Å². The van der Waals surface area contributed by atoms with Crippen molar-refractivity contribution >= 4 is 11.9 Å². The summed E-state index contributed by atoms with van der Waals surface area (Å²) in [6, 6.07) is 17.7. The number of carbonyl (C=O) groups is 2. The van der Waals surface area contributed by atoms with Crippen molar-refractivity contribution in [2.24, 2.45) is 5.41 Å². The van der Waals surface area contributed by atoms with E-state index < -0.39 is 17.4 Å². The first kappa shape index (κ1) is 24.1. The number of hydrogen-bond donors (Lipinski definition) is 3. The fourth-order valence-electron chi connectivity index (χ4n) is 3.62. The second kappa shape index (κ2) is 11.4. The highest BCUT2D eigenvalue weighted by Gasteiger charge is 2.37. The van der Waals surface area contributed by atoms with Crippen molar-refractivity contribution in [3.8, 4) is 11.1 Å². The largest absolute Gasteiger partial charge is 0.465 e.